The summed E-state index contributed by atoms with van der Waals surface area (Å²) in [5.74, 6) is 1.09. The third kappa shape index (κ3) is 6.12. The van der Waals surface area contributed by atoms with Crippen molar-refractivity contribution in [2.75, 3.05) is 45.9 Å². The number of aryl methyl sites for hydroxylation is 1. The molecule has 0 N–H and O–H groups in total. The first-order valence-electron chi connectivity index (χ1n) is 9.93. The van der Waals surface area contributed by atoms with Crippen LogP contribution in [-0.4, -0.2) is 61.6 Å². The first kappa shape index (κ1) is 18.4. The van der Waals surface area contributed by atoms with Crippen LogP contribution in [0.2, 0.25) is 0 Å². The van der Waals surface area contributed by atoms with Crippen LogP contribution in [0.4, 0.5) is 0 Å². The molecule has 0 bridgehead atoms. The van der Waals surface area contributed by atoms with Crippen molar-refractivity contribution in [2.45, 2.75) is 38.5 Å². The second-order valence-corrected chi connectivity index (χ2v) is 7.43. The minimum absolute atomic E-state index is 0.350. The number of likely N-dealkylation sites (tertiary alicyclic amines) is 1. The lowest BCUT2D eigenvalue weighted by Gasteiger charge is -2.30. The van der Waals surface area contributed by atoms with Crippen LogP contribution in [0.3, 0.4) is 0 Å². The van der Waals surface area contributed by atoms with Crippen molar-refractivity contribution >= 4 is 5.91 Å². The standard InChI is InChI=1S/C21H32N2O2/c24-21(10-4-8-19-6-2-1-3-7-19)23-12-5-9-20(11-13-23)18-22-14-16-25-17-15-22/h1-3,6-7,20H,4-5,8-18H2. The number of rotatable bonds is 6. The molecule has 4 heteroatoms. The number of nitrogens with zero attached hydrogens (tertiary/aromatic N) is 2. The normalized spacial score (nSPS) is 22.6. The molecule has 2 saturated heterocycles. The highest BCUT2D eigenvalue weighted by atomic mass is 16.5. The molecule has 1 atom stereocenters. The van der Waals surface area contributed by atoms with E-state index in [1.165, 1.54) is 18.5 Å². The number of morpholine rings is 1. The van der Waals surface area contributed by atoms with E-state index in [9.17, 15) is 4.79 Å². The minimum Gasteiger partial charge on any atom is -0.379 e. The van der Waals surface area contributed by atoms with Crippen molar-refractivity contribution in [3.63, 3.8) is 0 Å². The van der Waals surface area contributed by atoms with E-state index in [1.807, 2.05) is 6.07 Å². The summed E-state index contributed by atoms with van der Waals surface area (Å²) in [7, 11) is 0. The fraction of sp³-hybridized carbons (Fsp3) is 0.667. The molecule has 0 aromatic heterocycles. The van der Waals surface area contributed by atoms with Gasteiger partial charge in [0.15, 0.2) is 0 Å². The summed E-state index contributed by atoms with van der Waals surface area (Å²) >= 11 is 0. The third-order valence-corrected chi connectivity index (χ3v) is 5.52. The Morgan fingerprint density at radius 3 is 2.64 bits per heavy atom. The van der Waals surface area contributed by atoms with Gasteiger partial charge in [-0.1, -0.05) is 30.3 Å². The summed E-state index contributed by atoms with van der Waals surface area (Å²) < 4.78 is 5.44. The van der Waals surface area contributed by atoms with Crippen molar-refractivity contribution in [3.8, 4) is 0 Å². The Morgan fingerprint density at radius 1 is 1.04 bits per heavy atom. The SMILES string of the molecule is O=C(CCCc1ccccc1)N1CCCC(CN2CCOCC2)CC1. The Bertz CT molecular complexity index is 514. The molecule has 4 nitrogen and oxygen atoms in total. The number of ether oxygens (including phenoxy) is 1. The maximum Gasteiger partial charge on any atom is 0.222 e. The van der Waals surface area contributed by atoms with Crippen molar-refractivity contribution in [1.82, 2.24) is 9.80 Å². The van der Waals surface area contributed by atoms with E-state index >= 15 is 0 Å². The van der Waals surface area contributed by atoms with Gasteiger partial charge in [0.2, 0.25) is 5.91 Å². The topological polar surface area (TPSA) is 32.8 Å². The molecule has 2 aliphatic rings. The summed E-state index contributed by atoms with van der Waals surface area (Å²) in [4.78, 5) is 17.2. The molecular weight excluding hydrogens is 312 g/mol. The predicted octanol–water partition coefficient (Wildman–Crippen LogP) is 2.97. The van der Waals surface area contributed by atoms with Gasteiger partial charge in [0.05, 0.1) is 13.2 Å². The average Bonchev–Trinajstić information content (AvgIpc) is 2.89. The van der Waals surface area contributed by atoms with E-state index < -0.39 is 0 Å². The Kier molecular flexibility index (Phi) is 7.31. The van der Waals surface area contributed by atoms with E-state index in [2.05, 4.69) is 34.1 Å². The Hall–Kier alpha value is -1.39. The lowest BCUT2D eigenvalue weighted by Crippen LogP contribution is -2.39. The fourth-order valence-corrected chi connectivity index (χ4v) is 3.99. The first-order chi connectivity index (χ1) is 12.3. The van der Waals surface area contributed by atoms with Gasteiger partial charge in [-0.05, 0) is 43.6 Å². The number of benzene rings is 1. The van der Waals surface area contributed by atoms with E-state index in [4.69, 9.17) is 4.74 Å². The van der Waals surface area contributed by atoms with Crippen LogP contribution in [0.5, 0.6) is 0 Å². The van der Waals surface area contributed by atoms with Gasteiger partial charge in [-0.3, -0.25) is 9.69 Å². The van der Waals surface area contributed by atoms with Crippen LogP contribution in [0.1, 0.15) is 37.7 Å². The fourth-order valence-electron chi connectivity index (χ4n) is 3.99. The quantitative estimate of drug-likeness (QED) is 0.795. The monoisotopic (exact) mass is 344 g/mol. The summed E-state index contributed by atoms with van der Waals surface area (Å²) in [6, 6.07) is 10.5. The van der Waals surface area contributed by atoms with Crippen molar-refractivity contribution < 1.29 is 9.53 Å². The zero-order valence-corrected chi connectivity index (χ0v) is 15.4. The molecule has 25 heavy (non-hydrogen) atoms. The van der Waals surface area contributed by atoms with Gasteiger partial charge in [-0.2, -0.15) is 0 Å². The summed E-state index contributed by atoms with van der Waals surface area (Å²) in [6.07, 6.45) is 6.20. The maximum absolute atomic E-state index is 12.5. The minimum atomic E-state index is 0.350. The Balaban J connectivity index is 1.37. The van der Waals surface area contributed by atoms with E-state index in [0.29, 0.717) is 12.3 Å². The smallest absolute Gasteiger partial charge is 0.222 e. The molecule has 138 valence electrons. The number of carbonyl (C=O) groups is 1. The lowest BCUT2D eigenvalue weighted by molar-refractivity contribution is -0.131. The molecule has 0 spiro atoms. The largest absolute Gasteiger partial charge is 0.379 e. The van der Waals surface area contributed by atoms with Crippen molar-refractivity contribution in [2.24, 2.45) is 5.92 Å². The highest BCUT2D eigenvalue weighted by Gasteiger charge is 2.22. The van der Waals surface area contributed by atoms with Crippen molar-refractivity contribution in [1.29, 1.82) is 0 Å². The highest BCUT2D eigenvalue weighted by molar-refractivity contribution is 5.76. The van der Waals surface area contributed by atoms with Gasteiger partial charge in [0.1, 0.15) is 0 Å². The molecule has 1 aromatic rings. The van der Waals surface area contributed by atoms with Gasteiger partial charge in [0, 0.05) is 39.1 Å². The van der Waals surface area contributed by atoms with Crippen molar-refractivity contribution in [3.05, 3.63) is 35.9 Å². The molecule has 3 rings (SSSR count). The number of hydrogen-bond acceptors (Lipinski definition) is 3. The molecule has 2 heterocycles. The first-order valence-corrected chi connectivity index (χ1v) is 9.93. The maximum atomic E-state index is 12.5. The van der Waals surface area contributed by atoms with Crippen LogP contribution in [0, 0.1) is 5.92 Å². The summed E-state index contributed by atoms with van der Waals surface area (Å²) in [5, 5.41) is 0. The zero-order valence-electron chi connectivity index (χ0n) is 15.4. The van der Waals surface area contributed by atoms with Gasteiger partial charge < -0.3 is 9.64 Å². The molecule has 1 aromatic carbocycles. The number of hydrogen-bond donors (Lipinski definition) is 0. The molecule has 1 amide bonds. The zero-order chi connectivity index (χ0) is 17.3. The molecule has 0 saturated carbocycles. The van der Waals surface area contributed by atoms with E-state index in [1.54, 1.807) is 0 Å². The predicted molar refractivity (Wildman–Crippen MR) is 101 cm³/mol. The van der Waals surface area contributed by atoms with E-state index in [0.717, 1.165) is 71.0 Å². The molecule has 2 fully saturated rings. The highest BCUT2D eigenvalue weighted by Crippen LogP contribution is 2.20. The van der Waals surface area contributed by atoms with Crippen LogP contribution in [0.15, 0.2) is 30.3 Å². The Labute approximate surface area is 152 Å². The summed E-state index contributed by atoms with van der Waals surface area (Å²) in [5.41, 5.74) is 1.33. The van der Waals surface area contributed by atoms with Gasteiger partial charge in [-0.25, -0.2) is 0 Å². The van der Waals surface area contributed by atoms with Crippen LogP contribution in [-0.2, 0) is 16.0 Å². The second-order valence-electron chi connectivity index (χ2n) is 7.43. The second kappa shape index (κ2) is 9.93. The number of carbonyl (C=O) groups excluding carboxylic acids is 1. The third-order valence-electron chi connectivity index (χ3n) is 5.52. The molecule has 1 unspecified atom stereocenters. The van der Waals surface area contributed by atoms with Gasteiger partial charge in [0.25, 0.3) is 0 Å². The molecule has 0 aliphatic carbocycles. The molecule has 2 aliphatic heterocycles. The van der Waals surface area contributed by atoms with Crippen LogP contribution >= 0.6 is 0 Å². The molecule has 0 radical (unpaired) electrons. The Morgan fingerprint density at radius 2 is 1.84 bits per heavy atom. The van der Waals surface area contributed by atoms with E-state index in [-0.39, 0.29) is 0 Å². The molecular formula is C21H32N2O2. The summed E-state index contributed by atoms with van der Waals surface area (Å²) in [6.45, 7) is 6.96. The van der Waals surface area contributed by atoms with Crippen LogP contribution < -0.4 is 0 Å². The van der Waals surface area contributed by atoms with Gasteiger partial charge in [-0.15, -0.1) is 0 Å². The average molecular weight is 344 g/mol. The van der Waals surface area contributed by atoms with Gasteiger partial charge >= 0.3 is 0 Å². The lowest BCUT2D eigenvalue weighted by atomic mass is 10.00. The number of amides is 1. The van der Waals surface area contributed by atoms with Crippen LogP contribution in [0.25, 0.3) is 0 Å².